The molecule has 0 aliphatic carbocycles. The molecule has 2 aliphatic rings. The van der Waals surface area contributed by atoms with E-state index in [-0.39, 0.29) is 29.8 Å². The summed E-state index contributed by atoms with van der Waals surface area (Å²) in [4.78, 5) is 76.8. The number of carbonyl (C=O) groups is 4. The number of rotatable bonds is 10. The molecule has 6 aromatic rings. The van der Waals surface area contributed by atoms with E-state index in [4.69, 9.17) is 24.4 Å². The smallest absolute Gasteiger partial charge is 0.407 e. The Morgan fingerprint density at radius 3 is 2.10 bits per heavy atom. The van der Waals surface area contributed by atoms with Gasteiger partial charge in [0.15, 0.2) is 0 Å². The molecular formula is C44H47N9O6. The van der Waals surface area contributed by atoms with Crippen molar-refractivity contribution in [3.8, 4) is 22.5 Å². The maximum absolute atomic E-state index is 13.9. The first-order chi connectivity index (χ1) is 28.6. The van der Waals surface area contributed by atoms with Gasteiger partial charge in [0, 0.05) is 18.5 Å². The number of aromatic amines is 2. The Labute approximate surface area is 340 Å². The number of ether oxygens (including phenoxy) is 2. The van der Waals surface area contributed by atoms with Gasteiger partial charge in [-0.05, 0) is 78.6 Å². The lowest BCUT2D eigenvalue weighted by molar-refractivity contribution is -0.135. The quantitative estimate of drug-likeness (QED) is 0.114. The van der Waals surface area contributed by atoms with E-state index in [9.17, 15) is 19.2 Å². The second-order valence-corrected chi connectivity index (χ2v) is 15.4. The molecule has 0 bridgehead atoms. The molecule has 5 heterocycles. The summed E-state index contributed by atoms with van der Waals surface area (Å²) in [5.41, 5.74) is 6.64. The summed E-state index contributed by atoms with van der Waals surface area (Å²) in [7, 11) is 2.56. The summed E-state index contributed by atoms with van der Waals surface area (Å²) in [6.45, 7) is 4.92. The van der Waals surface area contributed by atoms with Crippen LogP contribution in [0.5, 0.6) is 0 Å². The Bertz CT molecular complexity index is 2520. The van der Waals surface area contributed by atoms with Crippen molar-refractivity contribution in [1.29, 1.82) is 0 Å². The molecule has 2 aliphatic heterocycles. The number of alkyl carbamates (subject to hydrolysis) is 2. The molecule has 3 aromatic heterocycles. The average molecular weight is 798 g/mol. The van der Waals surface area contributed by atoms with Crippen molar-refractivity contribution >= 4 is 45.9 Å². The van der Waals surface area contributed by atoms with Crippen LogP contribution in [0.1, 0.15) is 74.9 Å². The molecule has 59 heavy (non-hydrogen) atoms. The van der Waals surface area contributed by atoms with E-state index < -0.39 is 24.3 Å². The molecule has 0 spiro atoms. The summed E-state index contributed by atoms with van der Waals surface area (Å²) in [5.74, 6) is 0.889. The summed E-state index contributed by atoms with van der Waals surface area (Å²) in [5, 5.41) is 6.38. The van der Waals surface area contributed by atoms with Gasteiger partial charge in [-0.2, -0.15) is 0 Å². The number of aromatic nitrogens is 5. The molecule has 15 nitrogen and oxygen atoms in total. The number of likely N-dealkylation sites (tertiary alicyclic amines) is 2. The number of amides is 4. The molecule has 3 aromatic carbocycles. The van der Waals surface area contributed by atoms with Crippen LogP contribution in [0.25, 0.3) is 44.5 Å². The zero-order valence-electron chi connectivity index (χ0n) is 33.4. The highest BCUT2D eigenvalue weighted by Gasteiger charge is 2.39. The van der Waals surface area contributed by atoms with Gasteiger partial charge in [-0.15, -0.1) is 0 Å². The molecule has 15 heteroatoms. The highest BCUT2D eigenvalue weighted by Crippen LogP contribution is 2.36. The van der Waals surface area contributed by atoms with Crippen molar-refractivity contribution in [3.63, 3.8) is 0 Å². The number of hydrogen-bond donors (Lipinski definition) is 4. The van der Waals surface area contributed by atoms with Gasteiger partial charge in [0.2, 0.25) is 5.91 Å². The number of nitrogens with one attached hydrogen (secondary N) is 4. The lowest BCUT2D eigenvalue weighted by Gasteiger charge is -2.29. The maximum Gasteiger partial charge on any atom is 0.407 e. The fourth-order valence-electron chi connectivity index (χ4n) is 8.24. The molecule has 4 atom stereocenters. The third-order valence-corrected chi connectivity index (χ3v) is 11.3. The first-order valence-corrected chi connectivity index (χ1v) is 19.9. The van der Waals surface area contributed by atoms with Gasteiger partial charge >= 0.3 is 12.2 Å². The molecule has 2 fully saturated rings. The number of pyridine rings is 1. The van der Waals surface area contributed by atoms with Crippen LogP contribution < -0.4 is 10.6 Å². The van der Waals surface area contributed by atoms with Crippen LogP contribution in [0.4, 0.5) is 9.59 Å². The van der Waals surface area contributed by atoms with Crippen LogP contribution >= 0.6 is 0 Å². The molecule has 0 radical (unpaired) electrons. The summed E-state index contributed by atoms with van der Waals surface area (Å²) < 4.78 is 9.60. The summed E-state index contributed by atoms with van der Waals surface area (Å²) >= 11 is 0. The van der Waals surface area contributed by atoms with Gasteiger partial charge in [-0.1, -0.05) is 62.4 Å². The minimum absolute atomic E-state index is 0.117. The molecule has 304 valence electrons. The Hall–Kier alpha value is -6.77. The van der Waals surface area contributed by atoms with Crippen molar-refractivity contribution in [2.45, 2.75) is 63.7 Å². The van der Waals surface area contributed by atoms with Gasteiger partial charge in [-0.25, -0.2) is 24.5 Å². The number of carbonyl (C=O) groups excluding carboxylic acids is 4. The third kappa shape index (κ3) is 7.92. The molecular weight excluding hydrogens is 751 g/mol. The standard InChI is InChI=1S/C44H47N9O6/c1-25(2)37(50-43(56)58-3)41(54)53-21-9-13-36(53)40-47-31-18-15-28(23-33(31)48-40)27-14-17-30-29(22-27)16-19-32(46-30)34-24-45-39(49-34)35-12-8-20-52(35)42(55)38(51-44(57)59-4)26-10-6-5-7-11-26/h5-7,10-11,14-19,22-25,35-38H,8-9,12-13,20-21H2,1-4H3,(H,45,49)(H,47,48)(H,50,56)(H,51,57). The predicted molar refractivity (Wildman–Crippen MR) is 221 cm³/mol. The van der Waals surface area contributed by atoms with Crippen LogP contribution in [0.3, 0.4) is 0 Å². The maximum atomic E-state index is 13.9. The first kappa shape index (κ1) is 39.1. The van der Waals surface area contributed by atoms with E-state index in [0.717, 1.165) is 76.0 Å². The number of hydrogen-bond acceptors (Lipinski definition) is 9. The van der Waals surface area contributed by atoms with Crippen LogP contribution in [-0.4, -0.2) is 92.1 Å². The molecule has 4 amide bonds. The largest absolute Gasteiger partial charge is 0.453 e. The van der Waals surface area contributed by atoms with Crippen LogP contribution in [0.15, 0.2) is 85.1 Å². The third-order valence-electron chi connectivity index (χ3n) is 11.3. The van der Waals surface area contributed by atoms with Crippen molar-refractivity contribution in [3.05, 3.63) is 102 Å². The Kier molecular flexibility index (Phi) is 11.0. The van der Waals surface area contributed by atoms with Crippen molar-refractivity contribution in [1.82, 2.24) is 45.4 Å². The Morgan fingerprint density at radius 2 is 1.39 bits per heavy atom. The zero-order valence-corrected chi connectivity index (χ0v) is 33.4. The van der Waals surface area contributed by atoms with Crippen molar-refractivity contribution in [2.24, 2.45) is 5.92 Å². The lowest BCUT2D eigenvalue weighted by atomic mass is 10.0. The van der Waals surface area contributed by atoms with Crippen molar-refractivity contribution in [2.75, 3.05) is 27.3 Å². The fraction of sp³-hybridized carbons (Fsp3) is 0.341. The Morgan fingerprint density at radius 1 is 0.729 bits per heavy atom. The van der Waals surface area contributed by atoms with Gasteiger partial charge in [-0.3, -0.25) is 9.59 Å². The van der Waals surface area contributed by atoms with Gasteiger partial charge in [0.05, 0.1) is 60.4 Å². The van der Waals surface area contributed by atoms with Crippen LogP contribution in [-0.2, 0) is 19.1 Å². The molecule has 8 rings (SSSR count). The molecule has 4 unspecified atom stereocenters. The SMILES string of the molecule is COC(=O)NC(C(=O)N1CCCC1c1ncc(-c2ccc3cc(-c4ccc5nc(C6CCCN6C(=O)C(NC(=O)OC)C(C)C)[nH]c5c4)ccc3n2)[nH]1)c1ccccc1. The van der Waals surface area contributed by atoms with E-state index in [1.165, 1.54) is 14.2 Å². The summed E-state index contributed by atoms with van der Waals surface area (Å²) in [6, 6.07) is 23.3. The van der Waals surface area contributed by atoms with E-state index in [0.29, 0.717) is 24.5 Å². The number of fused-ring (bicyclic) bond motifs is 2. The van der Waals surface area contributed by atoms with Crippen LogP contribution in [0, 0.1) is 5.92 Å². The second kappa shape index (κ2) is 16.6. The fourth-order valence-corrected chi connectivity index (χ4v) is 8.24. The normalized spacial score (nSPS) is 17.6. The zero-order chi connectivity index (χ0) is 41.2. The van der Waals surface area contributed by atoms with Crippen LogP contribution in [0.2, 0.25) is 0 Å². The van der Waals surface area contributed by atoms with Gasteiger partial charge in [0.25, 0.3) is 5.91 Å². The minimum atomic E-state index is -0.897. The molecule has 4 N–H and O–H groups in total. The average Bonchev–Trinajstić information content (AvgIpc) is 4.10. The predicted octanol–water partition coefficient (Wildman–Crippen LogP) is 6.97. The highest BCUT2D eigenvalue weighted by molar-refractivity contribution is 5.90. The number of methoxy groups -OCH3 is 2. The summed E-state index contributed by atoms with van der Waals surface area (Å²) in [6.07, 6.45) is 3.57. The number of imidazole rings is 2. The lowest BCUT2D eigenvalue weighted by Crippen LogP contribution is -2.51. The monoisotopic (exact) mass is 797 g/mol. The molecule has 0 saturated carbocycles. The van der Waals surface area contributed by atoms with E-state index in [1.807, 2.05) is 85.5 Å². The number of H-pyrrole nitrogens is 2. The van der Waals surface area contributed by atoms with E-state index in [1.54, 1.807) is 11.1 Å². The second-order valence-electron chi connectivity index (χ2n) is 15.4. The van der Waals surface area contributed by atoms with Crippen molar-refractivity contribution < 1.29 is 28.7 Å². The minimum Gasteiger partial charge on any atom is -0.453 e. The number of benzene rings is 3. The first-order valence-electron chi connectivity index (χ1n) is 19.9. The molecule has 2 saturated heterocycles. The highest BCUT2D eigenvalue weighted by atomic mass is 16.5. The Balaban J connectivity index is 0.985. The van der Waals surface area contributed by atoms with E-state index >= 15 is 0 Å². The van der Waals surface area contributed by atoms with Gasteiger partial charge < -0.3 is 39.9 Å². The topological polar surface area (TPSA) is 188 Å². The van der Waals surface area contributed by atoms with E-state index in [2.05, 4.69) is 32.7 Å². The number of nitrogens with zero attached hydrogens (tertiary/aromatic N) is 5. The van der Waals surface area contributed by atoms with Gasteiger partial charge in [0.1, 0.15) is 23.7 Å².